The molecule has 0 amide bonds. The number of hydrogen-bond acceptors (Lipinski definition) is 3. The lowest BCUT2D eigenvalue weighted by molar-refractivity contribution is 0.265. The Balaban J connectivity index is 2.44. The Hall–Kier alpha value is -0.870. The maximum Gasteiger partial charge on any atom is 0.0949 e. The van der Waals surface area contributed by atoms with E-state index in [1.165, 1.54) is 0 Å². The van der Waals surface area contributed by atoms with Crippen LogP contribution < -0.4 is 0 Å². The zero-order valence-corrected chi connectivity index (χ0v) is 8.27. The van der Waals surface area contributed by atoms with Gasteiger partial charge in [-0.1, -0.05) is 6.92 Å². The van der Waals surface area contributed by atoms with Crippen LogP contribution in [0.3, 0.4) is 0 Å². The molecule has 0 unspecified atom stereocenters. The molecule has 4 heteroatoms. The highest BCUT2D eigenvalue weighted by atomic mass is 16.3. The van der Waals surface area contributed by atoms with Crippen molar-refractivity contribution in [3.05, 3.63) is 18.2 Å². The van der Waals surface area contributed by atoms with Crippen molar-refractivity contribution in [2.45, 2.75) is 20.1 Å². The SMILES string of the molecule is CCN(C)CCn1cncc1CO. The first-order chi connectivity index (χ1) is 6.27. The van der Waals surface area contributed by atoms with Crippen molar-refractivity contribution in [3.8, 4) is 0 Å². The van der Waals surface area contributed by atoms with Crippen LogP contribution >= 0.6 is 0 Å². The van der Waals surface area contributed by atoms with Crippen LogP contribution in [0, 0.1) is 0 Å². The monoisotopic (exact) mass is 183 g/mol. The zero-order valence-electron chi connectivity index (χ0n) is 8.27. The molecule has 1 aromatic rings. The van der Waals surface area contributed by atoms with Crippen LogP contribution in [-0.2, 0) is 13.2 Å². The zero-order chi connectivity index (χ0) is 9.68. The molecule has 0 bridgehead atoms. The number of nitrogens with zero attached hydrogens (tertiary/aromatic N) is 3. The van der Waals surface area contributed by atoms with Gasteiger partial charge in [-0.15, -0.1) is 0 Å². The average molecular weight is 183 g/mol. The summed E-state index contributed by atoms with van der Waals surface area (Å²) in [5.74, 6) is 0. The smallest absolute Gasteiger partial charge is 0.0949 e. The molecule has 13 heavy (non-hydrogen) atoms. The van der Waals surface area contributed by atoms with E-state index >= 15 is 0 Å². The highest BCUT2D eigenvalue weighted by molar-refractivity contribution is 4.95. The molecule has 0 fully saturated rings. The predicted octanol–water partition coefficient (Wildman–Crippen LogP) is 0.327. The molecule has 0 saturated carbocycles. The van der Waals surface area contributed by atoms with Crippen molar-refractivity contribution in [3.63, 3.8) is 0 Å². The van der Waals surface area contributed by atoms with Crippen molar-refractivity contribution < 1.29 is 5.11 Å². The van der Waals surface area contributed by atoms with Crippen LogP contribution in [0.15, 0.2) is 12.5 Å². The van der Waals surface area contributed by atoms with Crippen molar-refractivity contribution in [1.82, 2.24) is 14.5 Å². The molecule has 0 spiro atoms. The number of imidazole rings is 1. The van der Waals surface area contributed by atoms with Crippen molar-refractivity contribution in [1.29, 1.82) is 0 Å². The number of aromatic nitrogens is 2. The summed E-state index contributed by atoms with van der Waals surface area (Å²) in [6.07, 6.45) is 3.46. The molecule has 4 nitrogen and oxygen atoms in total. The Labute approximate surface area is 78.8 Å². The Bertz CT molecular complexity index is 247. The predicted molar refractivity (Wildman–Crippen MR) is 51.3 cm³/mol. The summed E-state index contributed by atoms with van der Waals surface area (Å²) in [4.78, 5) is 6.20. The van der Waals surface area contributed by atoms with E-state index in [-0.39, 0.29) is 6.61 Å². The first-order valence-electron chi connectivity index (χ1n) is 4.56. The highest BCUT2D eigenvalue weighted by Crippen LogP contribution is 1.98. The fourth-order valence-electron chi connectivity index (χ4n) is 1.12. The standard InChI is InChI=1S/C9H17N3O/c1-3-11(2)4-5-12-8-10-6-9(12)7-13/h6,8,13H,3-5,7H2,1-2H3. The minimum Gasteiger partial charge on any atom is -0.390 e. The number of rotatable bonds is 5. The summed E-state index contributed by atoms with van der Waals surface area (Å²) in [5, 5.41) is 8.96. The summed E-state index contributed by atoms with van der Waals surface area (Å²) in [6.45, 7) is 5.11. The Morgan fingerprint density at radius 2 is 2.38 bits per heavy atom. The second kappa shape index (κ2) is 4.99. The molecular weight excluding hydrogens is 166 g/mol. The lowest BCUT2D eigenvalue weighted by atomic mass is 10.4. The van der Waals surface area contributed by atoms with E-state index in [0.717, 1.165) is 25.3 Å². The Kier molecular flexibility index (Phi) is 3.92. The van der Waals surface area contributed by atoms with Gasteiger partial charge in [-0.3, -0.25) is 0 Å². The van der Waals surface area contributed by atoms with Gasteiger partial charge in [-0.2, -0.15) is 0 Å². The van der Waals surface area contributed by atoms with E-state index in [1.807, 2.05) is 4.57 Å². The molecule has 1 N–H and O–H groups in total. The van der Waals surface area contributed by atoms with Gasteiger partial charge in [0.25, 0.3) is 0 Å². The third kappa shape index (κ3) is 2.82. The van der Waals surface area contributed by atoms with E-state index in [2.05, 4.69) is 23.9 Å². The minimum absolute atomic E-state index is 0.0653. The fourth-order valence-corrected chi connectivity index (χ4v) is 1.12. The summed E-state index contributed by atoms with van der Waals surface area (Å²) >= 11 is 0. The van der Waals surface area contributed by atoms with Crippen molar-refractivity contribution in [2.24, 2.45) is 0 Å². The lowest BCUT2D eigenvalue weighted by Gasteiger charge is -2.14. The third-order valence-electron chi connectivity index (χ3n) is 2.22. The molecule has 0 aliphatic rings. The molecular formula is C9H17N3O. The molecule has 0 atom stereocenters. The molecule has 0 aliphatic heterocycles. The van der Waals surface area contributed by atoms with Crippen LogP contribution in [0.5, 0.6) is 0 Å². The Morgan fingerprint density at radius 1 is 1.62 bits per heavy atom. The van der Waals surface area contributed by atoms with E-state index in [0.29, 0.717) is 0 Å². The van der Waals surface area contributed by atoms with Gasteiger partial charge in [0.05, 0.1) is 24.8 Å². The molecule has 74 valence electrons. The largest absolute Gasteiger partial charge is 0.390 e. The summed E-state index contributed by atoms with van der Waals surface area (Å²) < 4.78 is 1.98. The maximum absolute atomic E-state index is 8.96. The molecule has 0 radical (unpaired) electrons. The molecule has 1 heterocycles. The fraction of sp³-hybridized carbons (Fsp3) is 0.667. The maximum atomic E-state index is 8.96. The van der Waals surface area contributed by atoms with Gasteiger partial charge in [0.1, 0.15) is 0 Å². The van der Waals surface area contributed by atoms with Gasteiger partial charge in [-0.05, 0) is 13.6 Å². The van der Waals surface area contributed by atoms with Crippen LogP contribution in [0.4, 0.5) is 0 Å². The van der Waals surface area contributed by atoms with Gasteiger partial charge in [0.2, 0.25) is 0 Å². The third-order valence-corrected chi connectivity index (χ3v) is 2.22. The van der Waals surface area contributed by atoms with Crippen LogP contribution in [0.25, 0.3) is 0 Å². The van der Waals surface area contributed by atoms with Crippen molar-refractivity contribution in [2.75, 3.05) is 20.1 Å². The van der Waals surface area contributed by atoms with Gasteiger partial charge in [-0.25, -0.2) is 4.98 Å². The Morgan fingerprint density at radius 3 is 3.00 bits per heavy atom. The first kappa shape index (κ1) is 10.2. The summed E-state index contributed by atoms with van der Waals surface area (Å²) in [6, 6.07) is 0. The van der Waals surface area contributed by atoms with Crippen molar-refractivity contribution >= 4 is 0 Å². The average Bonchev–Trinajstić information content (AvgIpc) is 2.61. The number of aliphatic hydroxyl groups excluding tert-OH is 1. The summed E-state index contributed by atoms with van der Waals surface area (Å²) in [7, 11) is 2.08. The number of aliphatic hydroxyl groups is 1. The molecule has 0 saturated heterocycles. The van der Waals surface area contributed by atoms with Crippen LogP contribution in [-0.4, -0.2) is 39.7 Å². The molecule has 1 rings (SSSR count). The van der Waals surface area contributed by atoms with Gasteiger partial charge < -0.3 is 14.6 Å². The number of hydrogen-bond donors (Lipinski definition) is 1. The molecule has 1 aromatic heterocycles. The van der Waals surface area contributed by atoms with Gasteiger partial charge in [0.15, 0.2) is 0 Å². The quantitative estimate of drug-likeness (QED) is 0.715. The van der Waals surface area contributed by atoms with E-state index < -0.39 is 0 Å². The first-order valence-corrected chi connectivity index (χ1v) is 4.56. The van der Waals surface area contributed by atoms with E-state index in [9.17, 15) is 0 Å². The van der Waals surface area contributed by atoms with Gasteiger partial charge in [0, 0.05) is 13.1 Å². The second-order valence-electron chi connectivity index (χ2n) is 3.13. The number of likely N-dealkylation sites (N-methyl/N-ethyl adjacent to an activating group) is 1. The topological polar surface area (TPSA) is 41.3 Å². The second-order valence-corrected chi connectivity index (χ2v) is 3.13. The lowest BCUT2D eigenvalue weighted by Crippen LogP contribution is -2.23. The van der Waals surface area contributed by atoms with E-state index in [4.69, 9.17) is 5.11 Å². The van der Waals surface area contributed by atoms with Gasteiger partial charge >= 0.3 is 0 Å². The highest BCUT2D eigenvalue weighted by Gasteiger charge is 2.00. The molecule has 0 aromatic carbocycles. The minimum atomic E-state index is 0.0653. The summed E-state index contributed by atoms with van der Waals surface area (Å²) in [5.41, 5.74) is 0.879. The van der Waals surface area contributed by atoms with Crippen LogP contribution in [0.1, 0.15) is 12.6 Å². The van der Waals surface area contributed by atoms with E-state index in [1.54, 1.807) is 12.5 Å². The molecule has 0 aliphatic carbocycles. The normalized spacial score (nSPS) is 11.1. The van der Waals surface area contributed by atoms with Crippen LogP contribution in [0.2, 0.25) is 0 Å².